The molecule has 1 aromatic heterocycles. The minimum Gasteiger partial charge on any atom is -0.263 e. The summed E-state index contributed by atoms with van der Waals surface area (Å²) >= 11 is 0. The Hall–Kier alpha value is -0.860. The zero-order valence-electron chi connectivity index (χ0n) is 9.63. The number of hydrogen-bond donors (Lipinski definition) is 1. The molecule has 1 heterocycles. The summed E-state index contributed by atoms with van der Waals surface area (Å²) in [5.74, 6) is 2.94. The number of aromatic amines is 1. The second kappa shape index (κ2) is 5.29. The summed E-state index contributed by atoms with van der Waals surface area (Å²) in [4.78, 5) is 4.53. The first kappa shape index (κ1) is 10.7. The number of H-pyrrole nitrogens is 1. The number of hydrogen-bond acceptors (Lipinski definition) is 2. The Morgan fingerprint density at radius 2 is 2.07 bits per heavy atom. The zero-order chi connectivity index (χ0) is 10.5. The molecule has 0 unspecified atom stereocenters. The molecule has 0 saturated heterocycles. The van der Waals surface area contributed by atoms with Gasteiger partial charge in [0.05, 0.1) is 0 Å². The molecule has 1 saturated carbocycles. The topological polar surface area (TPSA) is 41.6 Å². The summed E-state index contributed by atoms with van der Waals surface area (Å²) < 4.78 is 0. The highest BCUT2D eigenvalue weighted by molar-refractivity contribution is 4.92. The zero-order valence-corrected chi connectivity index (χ0v) is 9.63. The molecular weight excluding hydrogens is 186 g/mol. The molecule has 1 aliphatic rings. The van der Waals surface area contributed by atoms with Gasteiger partial charge < -0.3 is 0 Å². The fourth-order valence-corrected chi connectivity index (χ4v) is 2.43. The van der Waals surface area contributed by atoms with Crippen molar-refractivity contribution in [2.75, 3.05) is 0 Å². The molecule has 15 heavy (non-hydrogen) atoms. The van der Waals surface area contributed by atoms with Gasteiger partial charge in [0.1, 0.15) is 5.82 Å². The van der Waals surface area contributed by atoms with Gasteiger partial charge in [-0.3, -0.25) is 5.10 Å². The summed E-state index contributed by atoms with van der Waals surface area (Å²) in [7, 11) is 0. The lowest BCUT2D eigenvalue weighted by atomic mass is 9.87. The van der Waals surface area contributed by atoms with E-state index in [4.69, 9.17) is 0 Å². The van der Waals surface area contributed by atoms with Crippen LogP contribution in [0.2, 0.25) is 0 Å². The van der Waals surface area contributed by atoms with Gasteiger partial charge in [0.2, 0.25) is 0 Å². The minimum absolute atomic E-state index is 0.848. The number of nitrogens with one attached hydrogen (secondary N) is 1. The average molecular weight is 207 g/mol. The SMILES string of the molecule is CCCc1n[nH]c(CC2CCCCC2)n1. The van der Waals surface area contributed by atoms with E-state index in [1.165, 1.54) is 32.1 Å². The third-order valence-electron chi connectivity index (χ3n) is 3.26. The molecule has 0 amide bonds. The van der Waals surface area contributed by atoms with Crippen molar-refractivity contribution >= 4 is 0 Å². The number of aromatic nitrogens is 3. The quantitative estimate of drug-likeness (QED) is 0.824. The smallest absolute Gasteiger partial charge is 0.150 e. The van der Waals surface area contributed by atoms with Crippen LogP contribution in [0.15, 0.2) is 0 Å². The predicted molar refractivity (Wildman–Crippen MR) is 60.7 cm³/mol. The molecule has 0 bridgehead atoms. The second-order valence-electron chi connectivity index (χ2n) is 4.66. The van der Waals surface area contributed by atoms with Crippen LogP contribution in [0.25, 0.3) is 0 Å². The van der Waals surface area contributed by atoms with Crippen molar-refractivity contribution in [3.05, 3.63) is 11.6 Å². The Bertz CT molecular complexity index is 287. The molecule has 3 heteroatoms. The third kappa shape index (κ3) is 3.05. The van der Waals surface area contributed by atoms with Crippen molar-refractivity contribution in [3.63, 3.8) is 0 Å². The highest BCUT2D eigenvalue weighted by Gasteiger charge is 2.15. The van der Waals surface area contributed by atoms with E-state index < -0.39 is 0 Å². The summed E-state index contributed by atoms with van der Waals surface area (Å²) in [5, 5.41) is 7.31. The largest absolute Gasteiger partial charge is 0.263 e. The van der Waals surface area contributed by atoms with Crippen LogP contribution in [0.1, 0.15) is 57.1 Å². The Balaban J connectivity index is 1.86. The van der Waals surface area contributed by atoms with E-state index in [0.29, 0.717) is 0 Å². The fraction of sp³-hybridized carbons (Fsp3) is 0.833. The lowest BCUT2D eigenvalue weighted by Crippen LogP contribution is -2.10. The van der Waals surface area contributed by atoms with Crippen LogP contribution in [0.4, 0.5) is 0 Å². The number of aryl methyl sites for hydroxylation is 1. The van der Waals surface area contributed by atoms with Crippen molar-refractivity contribution < 1.29 is 0 Å². The second-order valence-corrected chi connectivity index (χ2v) is 4.66. The third-order valence-corrected chi connectivity index (χ3v) is 3.26. The van der Waals surface area contributed by atoms with E-state index in [-0.39, 0.29) is 0 Å². The molecule has 0 atom stereocenters. The Morgan fingerprint density at radius 1 is 1.27 bits per heavy atom. The minimum atomic E-state index is 0.848. The molecular formula is C12H21N3. The average Bonchev–Trinajstić information content (AvgIpc) is 2.68. The van der Waals surface area contributed by atoms with Crippen LogP contribution in [-0.4, -0.2) is 15.2 Å². The molecule has 2 rings (SSSR count). The van der Waals surface area contributed by atoms with Crippen LogP contribution in [0, 0.1) is 5.92 Å². The monoisotopic (exact) mass is 207 g/mol. The Kier molecular flexibility index (Phi) is 3.75. The van der Waals surface area contributed by atoms with E-state index in [1.807, 2.05) is 0 Å². The molecule has 0 radical (unpaired) electrons. The maximum Gasteiger partial charge on any atom is 0.150 e. The van der Waals surface area contributed by atoms with E-state index in [0.717, 1.165) is 36.8 Å². The van der Waals surface area contributed by atoms with Crippen molar-refractivity contribution in [3.8, 4) is 0 Å². The van der Waals surface area contributed by atoms with Gasteiger partial charge in [-0.2, -0.15) is 5.10 Å². The molecule has 0 spiro atoms. The predicted octanol–water partition coefficient (Wildman–Crippen LogP) is 2.88. The highest BCUT2D eigenvalue weighted by atomic mass is 15.2. The van der Waals surface area contributed by atoms with Gasteiger partial charge >= 0.3 is 0 Å². The van der Waals surface area contributed by atoms with Gasteiger partial charge in [-0.05, 0) is 12.3 Å². The maximum absolute atomic E-state index is 4.53. The standard InChI is InChI=1S/C12H21N3/c1-2-6-11-13-12(15-14-11)9-10-7-4-3-5-8-10/h10H,2-9H2,1H3,(H,13,14,15). The van der Waals surface area contributed by atoms with E-state index >= 15 is 0 Å². The van der Waals surface area contributed by atoms with Crippen molar-refractivity contribution in [2.45, 2.75) is 58.3 Å². The number of rotatable bonds is 4. The van der Waals surface area contributed by atoms with Crippen LogP contribution in [0.5, 0.6) is 0 Å². The molecule has 1 aromatic rings. The summed E-state index contributed by atoms with van der Waals surface area (Å²) in [6.45, 7) is 2.16. The molecule has 0 aliphatic heterocycles. The van der Waals surface area contributed by atoms with Crippen LogP contribution >= 0.6 is 0 Å². The fourth-order valence-electron chi connectivity index (χ4n) is 2.43. The van der Waals surface area contributed by atoms with Crippen LogP contribution < -0.4 is 0 Å². The van der Waals surface area contributed by atoms with Gasteiger partial charge in [-0.1, -0.05) is 39.0 Å². The number of nitrogens with zero attached hydrogens (tertiary/aromatic N) is 2. The first-order chi connectivity index (χ1) is 7.38. The summed E-state index contributed by atoms with van der Waals surface area (Å²) in [5.41, 5.74) is 0. The maximum atomic E-state index is 4.53. The van der Waals surface area contributed by atoms with Gasteiger partial charge in [0.15, 0.2) is 5.82 Å². The van der Waals surface area contributed by atoms with Crippen molar-refractivity contribution in [2.24, 2.45) is 5.92 Å². The van der Waals surface area contributed by atoms with Gasteiger partial charge in [-0.25, -0.2) is 4.98 Å². The Labute approximate surface area is 91.7 Å². The molecule has 84 valence electrons. The lowest BCUT2D eigenvalue weighted by molar-refractivity contribution is 0.352. The first-order valence-corrected chi connectivity index (χ1v) is 6.28. The molecule has 1 N–H and O–H groups in total. The molecule has 1 aliphatic carbocycles. The summed E-state index contributed by atoms with van der Waals surface area (Å²) in [6.07, 6.45) is 10.2. The van der Waals surface area contributed by atoms with E-state index in [2.05, 4.69) is 22.1 Å². The van der Waals surface area contributed by atoms with Crippen LogP contribution in [-0.2, 0) is 12.8 Å². The summed E-state index contributed by atoms with van der Waals surface area (Å²) in [6, 6.07) is 0. The van der Waals surface area contributed by atoms with Crippen molar-refractivity contribution in [1.29, 1.82) is 0 Å². The Morgan fingerprint density at radius 3 is 2.80 bits per heavy atom. The molecule has 1 fully saturated rings. The van der Waals surface area contributed by atoms with Gasteiger partial charge in [0.25, 0.3) is 0 Å². The van der Waals surface area contributed by atoms with Gasteiger partial charge in [0, 0.05) is 12.8 Å². The molecule has 0 aromatic carbocycles. The first-order valence-electron chi connectivity index (χ1n) is 6.28. The van der Waals surface area contributed by atoms with Crippen LogP contribution in [0.3, 0.4) is 0 Å². The van der Waals surface area contributed by atoms with Gasteiger partial charge in [-0.15, -0.1) is 0 Å². The molecule has 3 nitrogen and oxygen atoms in total. The van der Waals surface area contributed by atoms with E-state index in [9.17, 15) is 0 Å². The highest BCUT2D eigenvalue weighted by Crippen LogP contribution is 2.25. The lowest BCUT2D eigenvalue weighted by Gasteiger charge is -2.19. The normalized spacial score (nSPS) is 18.2. The van der Waals surface area contributed by atoms with Crippen molar-refractivity contribution in [1.82, 2.24) is 15.2 Å². The van der Waals surface area contributed by atoms with E-state index in [1.54, 1.807) is 0 Å².